The van der Waals surface area contributed by atoms with Crippen molar-refractivity contribution in [2.45, 2.75) is 19.8 Å². The van der Waals surface area contributed by atoms with Gasteiger partial charge in [-0.3, -0.25) is 0 Å². The van der Waals surface area contributed by atoms with Gasteiger partial charge in [0.2, 0.25) is 0 Å². The molecular weight excluding hydrogens is 196 g/mol. The molecule has 0 unspecified atom stereocenters. The van der Waals surface area contributed by atoms with E-state index in [0.717, 1.165) is 0 Å². The van der Waals surface area contributed by atoms with Crippen LogP contribution in [0.3, 0.4) is 0 Å². The highest BCUT2D eigenvalue weighted by Crippen LogP contribution is 2.31. The first-order valence-electron chi connectivity index (χ1n) is 4.45. The van der Waals surface area contributed by atoms with Gasteiger partial charge in [0.15, 0.2) is 0 Å². The van der Waals surface area contributed by atoms with Crippen molar-refractivity contribution in [1.29, 1.82) is 0 Å². The molecule has 2 heteroatoms. The fourth-order valence-electron chi connectivity index (χ4n) is 1.26. The van der Waals surface area contributed by atoms with Crippen LogP contribution in [0.15, 0.2) is 24.3 Å². The van der Waals surface area contributed by atoms with E-state index >= 15 is 0 Å². The topological polar surface area (TPSA) is 0 Å². The van der Waals surface area contributed by atoms with Crippen LogP contribution in [0, 0.1) is 5.38 Å². The Morgan fingerprint density at radius 3 is 2.85 bits per heavy atom. The molecule has 2 aromatic rings. The van der Waals surface area contributed by atoms with Crippen LogP contribution < -0.4 is 0 Å². The van der Waals surface area contributed by atoms with Crippen molar-refractivity contribution >= 4 is 22.7 Å². The molecule has 0 aliphatic rings. The van der Waals surface area contributed by atoms with E-state index in [1.54, 1.807) is 11.3 Å². The Morgan fingerprint density at radius 2 is 2.15 bits per heavy atom. The zero-order valence-electron chi connectivity index (χ0n) is 7.54. The van der Waals surface area contributed by atoms with Crippen LogP contribution in [0.5, 0.6) is 0 Å². The molecule has 0 nitrogen and oxygen atoms in total. The molecule has 0 spiro atoms. The lowest BCUT2D eigenvalue weighted by molar-refractivity contribution is 0.940. The largest absolute Gasteiger partial charge is 0.139 e. The summed E-state index contributed by atoms with van der Waals surface area (Å²) < 4.78 is 0. The summed E-state index contributed by atoms with van der Waals surface area (Å²) >= 11 is 3.60. The van der Waals surface area contributed by atoms with Crippen LogP contribution in [0.25, 0.3) is 9.75 Å². The molecule has 0 saturated carbocycles. The molecule has 0 atom stereocenters. The minimum absolute atomic E-state index is 1.21. The number of thiophene rings is 2. The Balaban J connectivity index is 2.23. The standard InChI is InChI=1S/C11H11S2/c1-2-4-9-6-7-11(13-9)10-5-3-8-12-10/h3,5-7H,2,4H2,1H3. The maximum absolute atomic E-state index is 3.12. The average molecular weight is 207 g/mol. The van der Waals surface area contributed by atoms with Gasteiger partial charge in [-0.25, -0.2) is 0 Å². The van der Waals surface area contributed by atoms with Crippen molar-refractivity contribution < 1.29 is 0 Å². The second kappa shape index (κ2) is 4.07. The van der Waals surface area contributed by atoms with Gasteiger partial charge in [0, 0.05) is 20.0 Å². The van der Waals surface area contributed by atoms with Crippen LogP contribution in [0.2, 0.25) is 0 Å². The Bertz CT molecular complexity index is 357. The molecule has 0 N–H and O–H groups in total. The lowest BCUT2D eigenvalue weighted by Gasteiger charge is -1.89. The zero-order valence-corrected chi connectivity index (χ0v) is 9.17. The Kier molecular flexibility index (Phi) is 2.81. The predicted octanol–water partition coefficient (Wildman–Crippen LogP) is 4.23. The lowest BCUT2D eigenvalue weighted by Crippen LogP contribution is -1.71. The monoisotopic (exact) mass is 207 g/mol. The maximum atomic E-state index is 3.12. The normalized spacial score (nSPS) is 10.5. The third-order valence-electron chi connectivity index (χ3n) is 1.87. The van der Waals surface area contributed by atoms with Crippen molar-refractivity contribution in [3.8, 4) is 9.75 Å². The second-order valence-corrected chi connectivity index (χ2v) is 4.98. The van der Waals surface area contributed by atoms with E-state index in [9.17, 15) is 0 Å². The minimum atomic E-state index is 1.21. The van der Waals surface area contributed by atoms with E-state index in [-0.39, 0.29) is 0 Å². The van der Waals surface area contributed by atoms with E-state index in [1.807, 2.05) is 17.4 Å². The van der Waals surface area contributed by atoms with Gasteiger partial charge in [-0.15, -0.1) is 22.7 Å². The van der Waals surface area contributed by atoms with Crippen LogP contribution in [0.1, 0.15) is 18.2 Å². The summed E-state index contributed by atoms with van der Waals surface area (Å²) in [5.41, 5.74) is 0. The van der Waals surface area contributed by atoms with Crippen LogP contribution in [0.4, 0.5) is 0 Å². The first-order valence-corrected chi connectivity index (χ1v) is 6.08. The molecular formula is C11H11S2. The molecule has 0 bridgehead atoms. The minimum Gasteiger partial charge on any atom is -0.139 e. The van der Waals surface area contributed by atoms with E-state index in [0.29, 0.717) is 0 Å². The average Bonchev–Trinajstić information content (AvgIpc) is 2.70. The first-order chi connectivity index (χ1) is 6.40. The predicted molar refractivity (Wildman–Crippen MR) is 60.5 cm³/mol. The van der Waals surface area contributed by atoms with Gasteiger partial charge < -0.3 is 0 Å². The van der Waals surface area contributed by atoms with Crippen molar-refractivity contribution in [2.24, 2.45) is 0 Å². The van der Waals surface area contributed by atoms with Crippen molar-refractivity contribution in [1.82, 2.24) is 0 Å². The fraction of sp³-hybridized carbons (Fsp3) is 0.273. The van der Waals surface area contributed by atoms with E-state index in [4.69, 9.17) is 0 Å². The molecule has 2 heterocycles. The van der Waals surface area contributed by atoms with E-state index in [1.165, 1.54) is 27.5 Å². The summed E-state index contributed by atoms with van der Waals surface area (Å²) in [6.45, 7) is 2.22. The number of rotatable bonds is 3. The van der Waals surface area contributed by atoms with Crippen molar-refractivity contribution in [3.05, 3.63) is 34.5 Å². The Hall–Kier alpha value is -0.600. The van der Waals surface area contributed by atoms with Gasteiger partial charge in [-0.1, -0.05) is 13.3 Å². The third-order valence-corrected chi connectivity index (χ3v) is 4.01. The number of hydrogen-bond donors (Lipinski definition) is 0. The molecule has 1 radical (unpaired) electrons. The highest BCUT2D eigenvalue weighted by Gasteiger charge is 2.02. The van der Waals surface area contributed by atoms with Gasteiger partial charge in [-0.05, 0) is 30.7 Å². The van der Waals surface area contributed by atoms with Gasteiger partial charge in [0.1, 0.15) is 0 Å². The number of aryl methyl sites for hydroxylation is 1. The summed E-state index contributed by atoms with van der Waals surface area (Å²) in [4.78, 5) is 4.22. The highest BCUT2D eigenvalue weighted by atomic mass is 32.1. The third kappa shape index (κ3) is 2.01. The van der Waals surface area contributed by atoms with Gasteiger partial charge in [-0.2, -0.15) is 0 Å². The SMILES string of the molecule is CCCc1ccc(-c2cc[c]s2)s1. The quantitative estimate of drug-likeness (QED) is 0.706. The fourth-order valence-corrected chi connectivity index (χ4v) is 3.11. The molecule has 0 aliphatic carbocycles. The zero-order chi connectivity index (χ0) is 9.10. The molecule has 0 aliphatic heterocycles. The smallest absolute Gasteiger partial charge is 0.0449 e. The van der Waals surface area contributed by atoms with Crippen molar-refractivity contribution in [2.75, 3.05) is 0 Å². The maximum Gasteiger partial charge on any atom is 0.0449 e. The van der Waals surface area contributed by atoms with Crippen LogP contribution >= 0.6 is 22.7 Å². The molecule has 0 amide bonds. The second-order valence-electron chi connectivity index (χ2n) is 2.93. The summed E-state index contributed by atoms with van der Waals surface area (Å²) in [6, 6.07) is 8.57. The Morgan fingerprint density at radius 1 is 1.23 bits per heavy atom. The van der Waals surface area contributed by atoms with E-state index < -0.39 is 0 Å². The lowest BCUT2D eigenvalue weighted by atomic mass is 10.3. The van der Waals surface area contributed by atoms with Gasteiger partial charge in [0.05, 0.1) is 0 Å². The first kappa shape index (κ1) is 8.97. The van der Waals surface area contributed by atoms with Gasteiger partial charge >= 0.3 is 0 Å². The summed E-state index contributed by atoms with van der Waals surface area (Å²) in [5.74, 6) is 0. The van der Waals surface area contributed by atoms with Crippen LogP contribution in [-0.4, -0.2) is 0 Å². The van der Waals surface area contributed by atoms with E-state index in [2.05, 4.69) is 30.5 Å². The molecule has 2 aromatic heterocycles. The van der Waals surface area contributed by atoms with Gasteiger partial charge in [0.25, 0.3) is 0 Å². The summed E-state index contributed by atoms with van der Waals surface area (Å²) in [7, 11) is 0. The highest BCUT2D eigenvalue weighted by molar-refractivity contribution is 7.21. The summed E-state index contributed by atoms with van der Waals surface area (Å²) in [6.07, 6.45) is 2.44. The molecule has 13 heavy (non-hydrogen) atoms. The number of hydrogen-bond acceptors (Lipinski definition) is 2. The molecule has 0 saturated heterocycles. The van der Waals surface area contributed by atoms with Crippen molar-refractivity contribution in [3.63, 3.8) is 0 Å². The molecule has 67 valence electrons. The van der Waals surface area contributed by atoms with Crippen LogP contribution in [-0.2, 0) is 6.42 Å². The molecule has 0 aromatic carbocycles. The molecule has 2 rings (SSSR count). The molecule has 0 fully saturated rings. The Labute approximate surface area is 86.9 Å². The summed E-state index contributed by atoms with van der Waals surface area (Å²) in [5, 5.41) is 3.12.